The van der Waals surface area contributed by atoms with Gasteiger partial charge in [0.1, 0.15) is 5.82 Å². The molecule has 0 spiro atoms. The van der Waals surface area contributed by atoms with Crippen LogP contribution in [0.15, 0.2) is 48.7 Å². The predicted octanol–water partition coefficient (Wildman–Crippen LogP) is 1.84. The van der Waals surface area contributed by atoms with Crippen LogP contribution in [0.2, 0.25) is 0 Å². The zero-order chi connectivity index (χ0) is 18.1. The van der Waals surface area contributed by atoms with E-state index in [0.29, 0.717) is 5.69 Å². The fourth-order valence-electron chi connectivity index (χ4n) is 3.77. The standard InChI is InChI=1S/C20H22N4O2/c1-15-6-2-3-7-16(15)24-19(25)14-17(20(24)26)22-10-12-23(13-11-22)18-8-4-5-9-21-18/h2-9,17H,10-14H2,1H3/t17-/m0/s1. The minimum atomic E-state index is -0.354. The summed E-state index contributed by atoms with van der Waals surface area (Å²) in [6.07, 6.45) is 2.05. The van der Waals surface area contributed by atoms with Gasteiger partial charge in [-0.2, -0.15) is 0 Å². The third kappa shape index (κ3) is 2.97. The Morgan fingerprint density at radius 2 is 1.69 bits per heavy atom. The molecule has 0 unspecified atom stereocenters. The number of imide groups is 1. The molecule has 2 aliphatic heterocycles. The molecule has 1 aromatic carbocycles. The van der Waals surface area contributed by atoms with Crippen molar-refractivity contribution in [1.29, 1.82) is 0 Å². The van der Waals surface area contributed by atoms with E-state index < -0.39 is 0 Å². The maximum atomic E-state index is 13.0. The quantitative estimate of drug-likeness (QED) is 0.791. The van der Waals surface area contributed by atoms with Crippen LogP contribution in [0.25, 0.3) is 0 Å². The Hall–Kier alpha value is -2.73. The number of hydrogen-bond donors (Lipinski definition) is 0. The second kappa shape index (κ2) is 6.88. The Morgan fingerprint density at radius 3 is 2.38 bits per heavy atom. The molecule has 6 nitrogen and oxygen atoms in total. The number of carbonyl (C=O) groups excluding carboxylic acids is 2. The summed E-state index contributed by atoms with van der Waals surface area (Å²) < 4.78 is 0. The van der Waals surface area contributed by atoms with Crippen LogP contribution in [-0.2, 0) is 9.59 Å². The molecule has 26 heavy (non-hydrogen) atoms. The third-order valence-corrected chi connectivity index (χ3v) is 5.21. The lowest BCUT2D eigenvalue weighted by atomic mass is 10.1. The number of pyridine rings is 1. The van der Waals surface area contributed by atoms with Crippen molar-refractivity contribution in [1.82, 2.24) is 9.88 Å². The maximum absolute atomic E-state index is 13.0. The van der Waals surface area contributed by atoms with Gasteiger partial charge in [0.05, 0.1) is 18.2 Å². The summed E-state index contributed by atoms with van der Waals surface area (Å²) in [7, 11) is 0. The number of carbonyl (C=O) groups is 2. The van der Waals surface area contributed by atoms with Crippen LogP contribution in [0.4, 0.5) is 11.5 Å². The number of para-hydroxylation sites is 1. The lowest BCUT2D eigenvalue weighted by molar-refractivity contribution is -0.123. The Morgan fingerprint density at radius 1 is 0.962 bits per heavy atom. The van der Waals surface area contributed by atoms with Crippen LogP contribution >= 0.6 is 0 Å². The number of aromatic nitrogens is 1. The summed E-state index contributed by atoms with van der Waals surface area (Å²) in [5, 5.41) is 0. The van der Waals surface area contributed by atoms with Gasteiger partial charge in [0.2, 0.25) is 5.91 Å². The van der Waals surface area contributed by atoms with Gasteiger partial charge in [-0.3, -0.25) is 14.5 Å². The molecule has 4 rings (SSSR count). The fourth-order valence-corrected chi connectivity index (χ4v) is 3.77. The van der Waals surface area contributed by atoms with Crippen molar-refractivity contribution in [2.45, 2.75) is 19.4 Å². The average molecular weight is 350 g/mol. The third-order valence-electron chi connectivity index (χ3n) is 5.21. The van der Waals surface area contributed by atoms with E-state index in [1.165, 1.54) is 4.90 Å². The monoisotopic (exact) mass is 350 g/mol. The minimum absolute atomic E-state index is 0.101. The van der Waals surface area contributed by atoms with E-state index >= 15 is 0 Å². The van der Waals surface area contributed by atoms with Gasteiger partial charge in [0.15, 0.2) is 0 Å². The predicted molar refractivity (Wildman–Crippen MR) is 100 cm³/mol. The van der Waals surface area contributed by atoms with Gasteiger partial charge in [-0.15, -0.1) is 0 Å². The molecule has 1 aromatic heterocycles. The summed E-state index contributed by atoms with van der Waals surface area (Å²) in [4.78, 5) is 35.6. The Balaban J connectivity index is 1.46. The first-order chi connectivity index (χ1) is 12.6. The number of hydrogen-bond acceptors (Lipinski definition) is 5. The SMILES string of the molecule is Cc1ccccc1N1C(=O)C[C@H](N2CCN(c3ccccn3)CC2)C1=O. The van der Waals surface area contributed by atoms with E-state index in [4.69, 9.17) is 0 Å². The molecule has 2 aromatic rings. The van der Waals surface area contributed by atoms with E-state index in [1.54, 1.807) is 6.20 Å². The van der Waals surface area contributed by atoms with Gasteiger partial charge in [-0.05, 0) is 30.7 Å². The van der Waals surface area contributed by atoms with Gasteiger partial charge in [0, 0.05) is 32.4 Å². The summed E-state index contributed by atoms with van der Waals surface area (Å²) in [5.41, 5.74) is 1.65. The highest BCUT2D eigenvalue weighted by Gasteiger charge is 2.43. The molecule has 0 radical (unpaired) electrons. The number of nitrogens with zero attached hydrogens (tertiary/aromatic N) is 4. The van der Waals surface area contributed by atoms with Crippen LogP contribution in [0.5, 0.6) is 0 Å². The van der Waals surface area contributed by atoms with Crippen LogP contribution < -0.4 is 9.80 Å². The van der Waals surface area contributed by atoms with Crippen molar-refractivity contribution in [2.24, 2.45) is 0 Å². The summed E-state index contributed by atoms with van der Waals surface area (Å²) in [5.74, 6) is 0.750. The summed E-state index contributed by atoms with van der Waals surface area (Å²) in [6.45, 7) is 5.04. The molecule has 134 valence electrons. The molecule has 3 heterocycles. The number of anilines is 2. The molecule has 2 amide bonds. The summed E-state index contributed by atoms with van der Waals surface area (Å²) in [6, 6.07) is 13.1. The number of piperazine rings is 1. The van der Waals surface area contributed by atoms with E-state index in [2.05, 4.69) is 14.8 Å². The molecule has 0 saturated carbocycles. The van der Waals surface area contributed by atoms with Crippen LogP contribution in [0.1, 0.15) is 12.0 Å². The maximum Gasteiger partial charge on any atom is 0.251 e. The highest BCUT2D eigenvalue weighted by Crippen LogP contribution is 2.28. The number of aryl methyl sites for hydroxylation is 1. The largest absolute Gasteiger partial charge is 0.354 e. The lowest BCUT2D eigenvalue weighted by Gasteiger charge is -2.37. The van der Waals surface area contributed by atoms with E-state index in [0.717, 1.165) is 37.6 Å². The highest BCUT2D eigenvalue weighted by molar-refractivity contribution is 6.22. The normalized spacial score (nSPS) is 21.5. The number of rotatable bonds is 3. The number of benzene rings is 1. The van der Waals surface area contributed by atoms with Crippen molar-refractivity contribution in [3.63, 3.8) is 0 Å². The second-order valence-corrected chi connectivity index (χ2v) is 6.78. The first kappa shape index (κ1) is 16.7. The van der Waals surface area contributed by atoms with Crippen LogP contribution in [0.3, 0.4) is 0 Å². The zero-order valence-corrected chi connectivity index (χ0v) is 14.8. The van der Waals surface area contributed by atoms with E-state index in [9.17, 15) is 9.59 Å². The molecule has 6 heteroatoms. The minimum Gasteiger partial charge on any atom is -0.354 e. The van der Waals surface area contributed by atoms with Gasteiger partial charge in [-0.1, -0.05) is 24.3 Å². The van der Waals surface area contributed by atoms with Gasteiger partial charge < -0.3 is 4.90 Å². The average Bonchev–Trinajstić information content (AvgIpc) is 2.97. The van der Waals surface area contributed by atoms with Crippen LogP contribution in [-0.4, -0.2) is 53.9 Å². The van der Waals surface area contributed by atoms with Crippen molar-refractivity contribution in [3.8, 4) is 0 Å². The van der Waals surface area contributed by atoms with E-state index in [-0.39, 0.29) is 24.3 Å². The van der Waals surface area contributed by atoms with Crippen molar-refractivity contribution < 1.29 is 9.59 Å². The first-order valence-electron chi connectivity index (χ1n) is 8.97. The highest BCUT2D eigenvalue weighted by atomic mass is 16.2. The lowest BCUT2D eigenvalue weighted by Crippen LogP contribution is -2.52. The van der Waals surface area contributed by atoms with Crippen LogP contribution in [0, 0.1) is 6.92 Å². The van der Waals surface area contributed by atoms with Gasteiger partial charge in [0.25, 0.3) is 5.91 Å². The smallest absolute Gasteiger partial charge is 0.251 e. The molecule has 0 aliphatic carbocycles. The first-order valence-corrected chi connectivity index (χ1v) is 8.97. The van der Waals surface area contributed by atoms with Gasteiger partial charge in [-0.25, -0.2) is 9.88 Å². The Labute approximate surface area is 153 Å². The molecule has 1 atom stereocenters. The van der Waals surface area contributed by atoms with Crippen molar-refractivity contribution >= 4 is 23.3 Å². The molecule has 2 fully saturated rings. The van der Waals surface area contributed by atoms with E-state index in [1.807, 2.05) is 49.4 Å². The van der Waals surface area contributed by atoms with Crippen molar-refractivity contribution in [2.75, 3.05) is 36.0 Å². The molecular formula is C20H22N4O2. The molecule has 0 N–H and O–H groups in total. The molecule has 2 aliphatic rings. The topological polar surface area (TPSA) is 56.8 Å². The molecule has 0 bridgehead atoms. The Bertz CT molecular complexity index is 816. The zero-order valence-electron chi connectivity index (χ0n) is 14.8. The molecule has 2 saturated heterocycles. The fraction of sp³-hybridized carbons (Fsp3) is 0.350. The summed E-state index contributed by atoms with van der Waals surface area (Å²) >= 11 is 0. The van der Waals surface area contributed by atoms with Crippen molar-refractivity contribution in [3.05, 3.63) is 54.2 Å². The molecular weight excluding hydrogens is 328 g/mol. The van der Waals surface area contributed by atoms with Gasteiger partial charge >= 0.3 is 0 Å². The Kier molecular flexibility index (Phi) is 4.42. The second-order valence-electron chi connectivity index (χ2n) is 6.78. The number of amides is 2.